The van der Waals surface area contributed by atoms with Crippen molar-refractivity contribution in [2.75, 3.05) is 19.8 Å². The molecule has 0 spiro atoms. The summed E-state index contributed by atoms with van der Waals surface area (Å²) in [4.78, 5) is 13.2. The van der Waals surface area contributed by atoms with Gasteiger partial charge in [-0.25, -0.2) is 0 Å². The summed E-state index contributed by atoms with van der Waals surface area (Å²) in [6, 6.07) is -0.821. The number of carbonyl (C=O) groups is 1. The molecule has 2 rings (SSSR count). The van der Waals surface area contributed by atoms with E-state index in [1.807, 2.05) is 0 Å². The summed E-state index contributed by atoms with van der Waals surface area (Å²) in [6.45, 7) is 2.88. The summed E-state index contributed by atoms with van der Waals surface area (Å²) in [5.41, 5.74) is 0. The molecule has 0 bridgehead atoms. The molecule has 2 aliphatic rings. The molecule has 2 heterocycles. The zero-order valence-corrected chi connectivity index (χ0v) is 42.4. The van der Waals surface area contributed by atoms with Crippen molar-refractivity contribution >= 4 is 5.91 Å². The maximum atomic E-state index is 13.2. The van der Waals surface area contributed by atoms with Crippen LogP contribution in [-0.4, -0.2) is 140 Å². The van der Waals surface area contributed by atoms with E-state index in [4.69, 9.17) is 18.9 Å². The lowest BCUT2D eigenvalue weighted by molar-refractivity contribution is -0.359. The van der Waals surface area contributed by atoms with Crippen molar-refractivity contribution in [3.8, 4) is 0 Å². The minimum atomic E-state index is -1.78. The van der Waals surface area contributed by atoms with Gasteiger partial charge in [0.1, 0.15) is 48.8 Å². The molecule has 0 aromatic rings. The second-order valence-corrected chi connectivity index (χ2v) is 20.1. The predicted molar refractivity (Wildman–Crippen MR) is 263 cm³/mol. The van der Waals surface area contributed by atoms with Crippen molar-refractivity contribution in [3.63, 3.8) is 0 Å². The Morgan fingerprint density at radius 2 is 0.851 bits per heavy atom. The number of ether oxygens (including phenoxy) is 4. The van der Waals surface area contributed by atoms with Gasteiger partial charge in [0.25, 0.3) is 0 Å². The first-order valence-corrected chi connectivity index (χ1v) is 27.8. The van der Waals surface area contributed by atoms with E-state index in [-0.39, 0.29) is 12.5 Å². The molecule has 2 saturated heterocycles. The smallest absolute Gasteiger partial charge is 0.220 e. The minimum Gasteiger partial charge on any atom is -0.394 e. The Hall–Kier alpha value is -1.01. The van der Waals surface area contributed by atoms with Gasteiger partial charge < -0.3 is 65.1 Å². The fraction of sp³-hybridized carbons (Fsp3) is 0.981. The Labute approximate surface area is 406 Å². The predicted octanol–water partition coefficient (Wildman–Crippen LogP) is 8.17. The monoisotopic (exact) mass is 962 g/mol. The summed E-state index contributed by atoms with van der Waals surface area (Å²) >= 11 is 0. The highest BCUT2D eigenvalue weighted by Gasteiger charge is 2.51. The van der Waals surface area contributed by atoms with E-state index in [0.717, 1.165) is 51.4 Å². The van der Waals surface area contributed by atoms with Crippen molar-refractivity contribution in [2.24, 2.45) is 0 Å². The van der Waals surface area contributed by atoms with Gasteiger partial charge in [-0.2, -0.15) is 0 Å². The van der Waals surface area contributed by atoms with Crippen LogP contribution < -0.4 is 5.32 Å². The maximum Gasteiger partial charge on any atom is 0.220 e. The number of hydrogen-bond donors (Lipinski definition) is 9. The Morgan fingerprint density at radius 3 is 1.27 bits per heavy atom. The van der Waals surface area contributed by atoms with E-state index in [0.29, 0.717) is 12.8 Å². The second kappa shape index (κ2) is 40.6. The van der Waals surface area contributed by atoms with Gasteiger partial charge in [-0.1, -0.05) is 219 Å². The van der Waals surface area contributed by atoms with Crippen LogP contribution in [0.4, 0.5) is 0 Å². The molecule has 67 heavy (non-hydrogen) atoms. The lowest BCUT2D eigenvalue weighted by atomic mass is 9.97. The minimum absolute atomic E-state index is 0.202. The molecule has 1 amide bonds. The lowest BCUT2D eigenvalue weighted by Crippen LogP contribution is -2.65. The van der Waals surface area contributed by atoms with Crippen LogP contribution >= 0.6 is 0 Å². The molecule has 398 valence electrons. The molecule has 14 heteroatoms. The molecule has 0 aliphatic carbocycles. The van der Waals surface area contributed by atoms with Crippen LogP contribution in [0.5, 0.6) is 0 Å². The van der Waals surface area contributed by atoms with E-state index in [1.165, 1.54) is 161 Å². The first-order valence-electron chi connectivity index (χ1n) is 27.8. The maximum absolute atomic E-state index is 13.2. The van der Waals surface area contributed by atoms with E-state index < -0.39 is 86.8 Å². The van der Waals surface area contributed by atoms with Crippen molar-refractivity contribution in [2.45, 2.75) is 312 Å². The van der Waals surface area contributed by atoms with Crippen LogP contribution in [0, 0.1) is 0 Å². The van der Waals surface area contributed by atoms with Crippen LogP contribution in [0.25, 0.3) is 0 Å². The van der Waals surface area contributed by atoms with Crippen molar-refractivity contribution in [1.29, 1.82) is 0 Å². The molecule has 14 nitrogen and oxygen atoms in total. The lowest BCUT2D eigenvalue weighted by Gasteiger charge is -2.46. The van der Waals surface area contributed by atoms with Gasteiger partial charge in [-0.3, -0.25) is 4.79 Å². The highest BCUT2D eigenvalue weighted by molar-refractivity contribution is 5.76. The first kappa shape index (κ1) is 62.1. The fourth-order valence-corrected chi connectivity index (χ4v) is 9.53. The average Bonchev–Trinajstić information content (AvgIpc) is 3.32. The van der Waals surface area contributed by atoms with E-state index in [2.05, 4.69) is 19.2 Å². The normalized spacial score (nSPS) is 26.5. The van der Waals surface area contributed by atoms with Crippen molar-refractivity contribution in [1.82, 2.24) is 5.32 Å². The number of unbranched alkanes of at least 4 members (excludes halogenated alkanes) is 31. The standard InChI is InChI=1S/C53H103NO13/c1-3-5-7-9-11-13-15-17-19-20-21-23-25-27-29-31-33-35-37-45(58)54-41(42(57)36-34-32-30-28-26-24-22-18-16-14-12-10-8-6-4-2)40-64-52-50(63)48(61)51(44(39-56)66-52)67-53-49(62)47(60)46(59)43(38-55)65-53/h41-44,46-53,55-57,59-63H,3-40H2,1-2H3,(H,54,58). The van der Waals surface area contributed by atoms with E-state index in [1.54, 1.807) is 0 Å². The van der Waals surface area contributed by atoms with E-state index in [9.17, 15) is 45.6 Å². The number of hydrogen-bond acceptors (Lipinski definition) is 13. The molecule has 2 aliphatic heterocycles. The van der Waals surface area contributed by atoms with E-state index >= 15 is 0 Å². The quantitative estimate of drug-likeness (QED) is 0.0263. The molecule has 12 atom stereocenters. The molecular formula is C53H103NO13. The third-order valence-corrected chi connectivity index (χ3v) is 14.1. The highest BCUT2D eigenvalue weighted by atomic mass is 16.7. The topological polar surface area (TPSA) is 228 Å². The van der Waals surface area contributed by atoms with Crippen LogP contribution in [0.15, 0.2) is 0 Å². The number of rotatable bonds is 44. The van der Waals surface area contributed by atoms with Gasteiger partial charge in [0, 0.05) is 6.42 Å². The van der Waals surface area contributed by atoms with Crippen LogP contribution in [0.3, 0.4) is 0 Å². The third kappa shape index (κ3) is 27.4. The molecule has 2 fully saturated rings. The second-order valence-electron chi connectivity index (χ2n) is 20.1. The summed E-state index contributed by atoms with van der Waals surface area (Å²) in [5.74, 6) is -0.202. The molecule has 0 saturated carbocycles. The van der Waals surface area contributed by atoms with Gasteiger partial charge in [0.15, 0.2) is 12.6 Å². The van der Waals surface area contributed by atoms with Crippen LogP contribution in [-0.2, 0) is 23.7 Å². The van der Waals surface area contributed by atoms with Gasteiger partial charge in [0.2, 0.25) is 5.91 Å². The van der Waals surface area contributed by atoms with Gasteiger partial charge in [-0.05, 0) is 12.8 Å². The Balaban J connectivity index is 1.78. The first-order chi connectivity index (χ1) is 32.6. The zero-order valence-electron chi connectivity index (χ0n) is 42.4. The summed E-state index contributed by atoms with van der Waals surface area (Å²) in [6.07, 6.45) is 25.2. The molecular weight excluding hydrogens is 859 g/mol. The van der Waals surface area contributed by atoms with Crippen molar-refractivity contribution in [3.05, 3.63) is 0 Å². The summed E-state index contributed by atoms with van der Waals surface area (Å²) in [5, 5.41) is 87.1. The largest absolute Gasteiger partial charge is 0.394 e. The van der Waals surface area contributed by atoms with Crippen molar-refractivity contribution < 1.29 is 64.6 Å². The molecule has 9 N–H and O–H groups in total. The number of carbonyl (C=O) groups excluding carboxylic acids is 1. The molecule has 12 unspecified atom stereocenters. The zero-order chi connectivity index (χ0) is 48.9. The fourth-order valence-electron chi connectivity index (χ4n) is 9.53. The number of nitrogens with one attached hydrogen (secondary N) is 1. The Bertz CT molecular complexity index is 1140. The highest BCUT2D eigenvalue weighted by Crippen LogP contribution is 2.30. The average molecular weight is 962 g/mol. The van der Waals surface area contributed by atoms with Gasteiger partial charge in [-0.15, -0.1) is 0 Å². The van der Waals surface area contributed by atoms with Gasteiger partial charge in [0.05, 0.1) is 32.0 Å². The third-order valence-electron chi connectivity index (χ3n) is 14.1. The summed E-state index contributed by atoms with van der Waals surface area (Å²) in [7, 11) is 0. The number of aliphatic hydroxyl groups excluding tert-OH is 8. The van der Waals surface area contributed by atoms with Gasteiger partial charge >= 0.3 is 0 Å². The Morgan fingerprint density at radius 1 is 0.478 bits per heavy atom. The molecule has 0 radical (unpaired) electrons. The van der Waals surface area contributed by atoms with Crippen LogP contribution in [0.1, 0.15) is 239 Å². The molecule has 0 aromatic heterocycles. The van der Waals surface area contributed by atoms with Crippen LogP contribution in [0.2, 0.25) is 0 Å². The number of amides is 1. The number of aliphatic hydroxyl groups is 8. The SMILES string of the molecule is CCCCCCCCCCCCCCCCCCCCC(=O)NC(COC1OC(CO)C(OC2OC(CO)C(O)C(O)C2O)C(O)C1O)C(O)CCCCCCCCCCCCCCCCC. The summed E-state index contributed by atoms with van der Waals surface area (Å²) < 4.78 is 22.8. The molecule has 0 aromatic carbocycles. The Kier molecular flexibility index (Phi) is 37.6.